The Bertz CT molecular complexity index is 296. The van der Waals surface area contributed by atoms with Crippen LogP contribution in [-0.2, 0) is 4.74 Å². The Morgan fingerprint density at radius 3 is 2.50 bits per heavy atom. The van der Waals surface area contributed by atoms with Gasteiger partial charge in [0.15, 0.2) is 0 Å². The molecule has 5 atom stereocenters. The Morgan fingerprint density at radius 1 is 1.06 bits per heavy atom. The zero-order chi connectivity index (χ0) is 11.6. The first kappa shape index (κ1) is 11.1. The summed E-state index contributed by atoms with van der Waals surface area (Å²) in [6.07, 6.45) is 7.44. The standard InChI is InChI=1S/C15H26O/c1-10-5-6-13-15(4,16-13)8-7-12-11(10)9-14(12,2)3/h10-13H,5-9H2,1-4H3. The maximum atomic E-state index is 5.91. The molecular weight excluding hydrogens is 196 g/mol. The summed E-state index contributed by atoms with van der Waals surface area (Å²) in [4.78, 5) is 0. The van der Waals surface area contributed by atoms with Crippen LogP contribution in [0.4, 0.5) is 0 Å². The lowest BCUT2D eigenvalue weighted by Crippen LogP contribution is -2.46. The Kier molecular flexibility index (Phi) is 2.25. The Balaban J connectivity index is 1.75. The molecule has 2 aliphatic carbocycles. The van der Waals surface area contributed by atoms with Gasteiger partial charge in [0, 0.05) is 0 Å². The average Bonchev–Trinajstić information content (AvgIpc) is 2.82. The van der Waals surface area contributed by atoms with Gasteiger partial charge in [-0.2, -0.15) is 0 Å². The third-order valence-corrected chi connectivity index (χ3v) is 5.88. The van der Waals surface area contributed by atoms with Gasteiger partial charge in [0.05, 0.1) is 11.7 Å². The molecule has 3 aliphatic rings. The van der Waals surface area contributed by atoms with Crippen molar-refractivity contribution >= 4 is 0 Å². The minimum absolute atomic E-state index is 0.264. The number of hydrogen-bond donors (Lipinski definition) is 0. The molecule has 5 unspecified atom stereocenters. The fourth-order valence-electron chi connectivity index (χ4n) is 4.47. The van der Waals surface area contributed by atoms with Crippen molar-refractivity contribution in [1.29, 1.82) is 0 Å². The molecule has 1 heteroatoms. The van der Waals surface area contributed by atoms with Gasteiger partial charge in [-0.3, -0.25) is 0 Å². The molecule has 0 spiro atoms. The molecular formula is C15H26O. The van der Waals surface area contributed by atoms with Gasteiger partial charge in [0.2, 0.25) is 0 Å². The Morgan fingerprint density at radius 2 is 1.81 bits per heavy atom. The van der Waals surface area contributed by atoms with E-state index >= 15 is 0 Å². The number of fused-ring (bicyclic) bond motifs is 2. The lowest BCUT2D eigenvalue weighted by Gasteiger charge is -2.54. The van der Waals surface area contributed by atoms with Crippen LogP contribution in [0.15, 0.2) is 0 Å². The predicted molar refractivity (Wildman–Crippen MR) is 66.3 cm³/mol. The molecule has 3 fully saturated rings. The van der Waals surface area contributed by atoms with Crippen LogP contribution in [0.5, 0.6) is 0 Å². The van der Waals surface area contributed by atoms with E-state index in [1.165, 1.54) is 32.1 Å². The predicted octanol–water partition coefficient (Wildman–Crippen LogP) is 4.02. The van der Waals surface area contributed by atoms with Crippen LogP contribution < -0.4 is 0 Å². The maximum absolute atomic E-state index is 5.91. The molecule has 2 saturated carbocycles. The minimum atomic E-state index is 0.264. The molecule has 0 aromatic carbocycles. The van der Waals surface area contributed by atoms with E-state index in [4.69, 9.17) is 4.74 Å². The van der Waals surface area contributed by atoms with Crippen molar-refractivity contribution in [1.82, 2.24) is 0 Å². The first-order valence-electron chi connectivity index (χ1n) is 7.10. The molecule has 0 aromatic heterocycles. The third-order valence-electron chi connectivity index (χ3n) is 5.88. The minimum Gasteiger partial charge on any atom is -0.366 e. The fourth-order valence-corrected chi connectivity index (χ4v) is 4.47. The summed E-state index contributed by atoms with van der Waals surface area (Å²) in [5, 5.41) is 0. The summed E-state index contributed by atoms with van der Waals surface area (Å²) < 4.78 is 5.91. The molecule has 0 aromatic rings. The normalized spacial score (nSPS) is 54.8. The fraction of sp³-hybridized carbons (Fsp3) is 1.00. The first-order chi connectivity index (χ1) is 7.42. The van der Waals surface area contributed by atoms with E-state index in [1.807, 2.05) is 0 Å². The third kappa shape index (κ3) is 1.54. The Hall–Kier alpha value is -0.0400. The van der Waals surface area contributed by atoms with Crippen LogP contribution in [0.1, 0.15) is 59.8 Å². The molecule has 1 nitrogen and oxygen atoms in total. The summed E-state index contributed by atoms with van der Waals surface area (Å²) in [5.74, 6) is 2.89. The molecule has 16 heavy (non-hydrogen) atoms. The van der Waals surface area contributed by atoms with Crippen LogP contribution in [0.2, 0.25) is 0 Å². The SMILES string of the molecule is CC1CCC2OC2(C)CCC2C1CC2(C)C. The van der Waals surface area contributed by atoms with Crippen molar-refractivity contribution in [3.8, 4) is 0 Å². The first-order valence-corrected chi connectivity index (χ1v) is 7.10. The van der Waals surface area contributed by atoms with Crippen LogP contribution in [0, 0.1) is 23.2 Å². The van der Waals surface area contributed by atoms with Gasteiger partial charge in [0.1, 0.15) is 0 Å². The Labute approximate surface area is 99.9 Å². The molecule has 92 valence electrons. The number of rotatable bonds is 0. The number of hydrogen-bond acceptors (Lipinski definition) is 1. The summed E-state index contributed by atoms with van der Waals surface area (Å²) in [6.45, 7) is 9.73. The second kappa shape index (κ2) is 3.25. The molecule has 0 bridgehead atoms. The summed E-state index contributed by atoms with van der Waals surface area (Å²) in [6, 6.07) is 0. The van der Waals surface area contributed by atoms with Gasteiger partial charge < -0.3 is 4.74 Å². The lowest BCUT2D eigenvalue weighted by atomic mass is 9.51. The smallest absolute Gasteiger partial charge is 0.0920 e. The highest BCUT2D eigenvalue weighted by Crippen LogP contribution is 2.59. The van der Waals surface area contributed by atoms with Crippen molar-refractivity contribution in [2.75, 3.05) is 0 Å². The van der Waals surface area contributed by atoms with Crippen molar-refractivity contribution in [3.63, 3.8) is 0 Å². The summed E-state index contributed by atoms with van der Waals surface area (Å²) in [5.41, 5.74) is 0.865. The zero-order valence-electron chi connectivity index (χ0n) is 11.3. The summed E-state index contributed by atoms with van der Waals surface area (Å²) >= 11 is 0. The molecule has 3 rings (SSSR count). The van der Waals surface area contributed by atoms with Gasteiger partial charge >= 0.3 is 0 Å². The van der Waals surface area contributed by atoms with E-state index in [-0.39, 0.29) is 5.60 Å². The van der Waals surface area contributed by atoms with Crippen molar-refractivity contribution in [2.24, 2.45) is 23.2 Å². The van der Waals surface area contributed by atoms with Gasteiger partial charge in [0.25, 0.3) is 0 Å². The van der Waals surface area contributed by atoms with Gasteiger partial charge in [-0.25, -0.2) is 0 Å². The van der Waals surface area contributed by atoms with Crippen LogP contribution >= 0.6 is 0 Å². The highest BCUT2D eigenvalue weighted by atomic mass is 16.6. The van der Waals surface area contributed by atoms with Crippen molar-refractivity contribution in [2.45, 2.75) is 71.5 Å². The lowest BCUT2D eigenvalue weighted by molar-refractivity contribution is -0.0531. The highest BCUT2D eigenvalue weighted by molar-refractivity contribution is 5.05. The maximum Gasteiger partial charge on any atom is 0.0920 e. The van der Waals surface area contributed by atoms with E-state index in [0.29, 0.717) is 11.5 Å². The van der Waals surface area contributed by atoms with E-state index < -0.39 is 0 Å². The number of epoxide rings is 1. The van der Waals surface area contributed by atoms with Crippen LogP contribution in [-0.4, -0.2) is 11.7 Å². The van der Waals surface area contributed by atoms with Gasteiger partial charge in [-0.05, 0) is 62.2 Å². The highest BCUT2D eigenvalue weighted by Gasteiger charge is 2.56. The zero-order valence-corrected chi connectivity index (χ0v) is 11.3. The molecule has 1 aliphatic heterocycles. The molecule has 0 radical (unpaired) electrons. The van der Waals surface area contributed by atoms with E-state index in [9.17, 15) is 0 Å². The van der Waals surface area contributed by atoms with E-state index in [2.05, 4.69) is 27.7 Å². The second-order valence-electron chi connectivity index (χ2n) is 7.48. The van der Waals surface area contributed by atoms with E-state index in [1.54, 1.807) is 0 Å². The largest absolute Gasteiger partial charge is 0.366 e. The van der Waals surface area contributed by atoms with Gasteiger partial charge in [-0.1, -0.05) is 20.8 Å². The monoisotopic (exact) mass is 222 g/mol. The molecule has 0 amide bonds. The number of ether oxygens (including phenoxy) is 1. The van der Waals surface area contributed by atoms with E-state index in [0.717, 1.165) is 17.8 Å². The molecule has 0 N–H and O–H groups in total. The second-order valence-corrected chi connectivity index (χ2v) is 7.48. The van der Waals surface area contributed by atoms with Gasteiger partial charge in [-0.15, -0.1) is 0 Å². The molecule has 1 heterocycles. The molecule has 1 saturated heterocycles. The quantitative estimate of drug-likeness (QED) is 0.564. The van der Waals surface area contributed by atoms with Crippen molar-refractivity contribution < 1.29 is 4.74 Å². The average molecular weight is 222 g/mol. The van der Waals surface area contributed by atoms with Crippen molar-refractivity contribution in [3.05, 3.63) is 0 Å². The van der Waals surface area contributed by atoms with Crippen LogP contribution in [0.3, 0.4) is 0 Å². The summed E-state index contributed by atoms with van der Waals surface area (Å²) in [7, 11) is 0. The van der Waals surface area contributed by atoms with Crippen LogP contribution in [0.25, 0.3) is 0 Å². The topological polar surface area (TPSA) is 12.5 Å².